The summed E-state index contributed by atoms with van der Waals surface area (Å²) in [5.41, 5.74) is 3.14. The van der Waals surface area contributed by atoms with Gasteiger partial charge in [0, 0.05) is 12.2 Å². The van der Waals surface area contributed by atoms with Crippen LogP contribution in [0.25, 0.3) is 0 Å². The molecule has 0 aromatic heterocycles. The maximum atomic E-state index is 12.4. The number of aliphatic hydroxyl groups excluding tert-OH is 1. The van der Waals surface area contributed by atoms with E-state index in [4.69, 9.17) is 0 Å². The highest BCUT2D eigenvalue weighted by Gasteiger charge is 2.28. The van der Waals surface area contributed by atoms with Crippen molar-refractivity contribution in [2.45, 2.75) is 45.6 Å². The van der Waals surface area contributed by atoms with Gasteiger partial charge in [0.2, 0.25) is 0 Å². The summed E-state index contributed by atoms with van der Waals surface area (Å²) in [4.78, 5) is 14.2. The van der Waals surface area contributed by atoms with Gasteiger partial charge in [-0.1, -0.05) is 32.0 Å². The number of aliphatic hydroxyl groups is 1. The van der Waals surface area contributed by atoms with Crippen molar-refractivity contribution in [2.24, 2.45) is 0 Å². The van der Waals surface area contributed by atoms with Crippen molar-refractivity contribution in [2.75, 3.05) is 18.5 Å². The molecule has 4 nitrogen and oxygen atoms in total. The van der Waals surface area contributed by atoms with Gasteiger partial charge in [0.05, 0.1) is 12.6 Å². The van der Waals surface area contributed by atoms with Crippen LogP contribution in [0.5, 0.6) is 0 Å². The number of aryl methyl sites for hydroxylation is 1. The molecule has 2 amide bonds. The minimum absolute atomic E-state index is 0.0399. The maximum absolute atomic E-state index is 12.4. The Kier molecular flexibility index (Phi) is 4.65. The molecule has 2 rings (SSSR count). The molecule has 0 unspecified atom stereocenters. The highest BCUT2D eigenvalue weighted by atomic mass is 16.3. The predicted octanol–water partition coefficient (Wildman–Crippen LogP) is 3.11. The highest BCUT2D eigenvalue weighted by molar-refractivity contribution is 5.91. The SMILES string of the molecule is Cc1cccc(C(C)C)c1NC(=O)N1CCC[C@H]1CO. The van der Waals surface area contributed by atoms with Crippen molar-refractivity contribution in [3.63, 3.8) is 0 Å². The van der Waals surface area contributed by atoms with Crippen LogP contribution < -0.4 is 5.32 Å². The molecule has 1 atom stereocenters. The minimum atomic E-state index is -0.0993. The van der Waals surface area contributed by atoms with Crippen LogP contribution in [0.2, 0.25) is 0 Å². The van der Waals surface area contributed by atoms with Gasteiger partial charge in [-0.3, -0.25) is 0 Å². The van der Waals surface area contributed by atoms with E-state index in [1.807, 2.05) is 19.1 Å². The number of benzene rings is 1. The number of hydrogen-bond acceptors (Lipinski definition) is 2. The Balaban J connectivity index is 2.19. The van der Waals surface area contributed by atoms with Gasteiger partial charge in [-0.05, 0) is 36.8 Å². The molecule has 0 radical (unpaired) electrons. The highest BCUT2D eigenvalue weighted by Crippen LogP contribution is 2.28. The van der Waals surface area contributed by atoms with E-state index < -0.39 is 0 Å². The smallest absolute Gasteiger partial charge is 0.322 e. The van der Waals surface area contributed by atoms with Crippen LogP contribution in [0.4, 0.5) is 10.5 Å². The molecule has 1 saturated heterocycles. The van der Waals surface area contributed by atoms with Crippen LogP contribution in [0.3, 0.4) is 0 Å². The van der Waals surface area contributed by atoms with E-state index in [0.717, 1.165) is 36.2 Å². The lowest BCUT2D eigenvalue weighted by Gasteiger charge is -2.25. The number of hydrogen-bond donors (Lipinski definition) is 2. The van der Waals surface area contributed by atoms with Gasteiger partial charge in [0.15, 0.2) is 0 Å². The lowest BCUT2D eigenvalue weighted by atomic mass is 9.98. The topological polar surface area (TPSA) is 52.6 Å². The number of nitrogens with one attached hydrogen (secondary N) is 1. The molecule has 4 heteroatoms. The molecule has 1 aromatic rings. The normalized spacial score (nSPS) is 18.6. The Labute approximate surface area is 120 Å². The molecule has 1 aliphatic heterocycles. The summed E-state index contributed by atoms with van der Waals surface area (Å²) in [7, 11) is 0. The Hall–Kier alpha value is -1.55. The van der Waals surface area contributed by atoms with Gasteiger partial charge in [-0.15, -0.1) is 0 Å². The number of carbonyl (C=O) groups is 1. The molecule has 2 N–H and O–H groups in total. The number of anilines is 1. The summed E-state index contributed by atoms with van der Waals surface area (Å²) >= 11 is 0. The van der Waals surface area contributed by atoms with Crippen LogP contribution in [-0.2, 0) is 0 Å². The lowest BCUT2D eigenvalue weighted by Crippen LogP contribution is -2.40. The first-order valence-corrected chi connectivity index (χ1v) is 7.32. The zero-order valence-corrected chi connectivity index (χ0v) is 12.5. The molecular formula is C16H24N2O2. The van der Waals surface area contributed by atoms with Crippen LogP contribution in [0, 0.1) is 6.92 Å². The Morgan fingerprint density at radius 3 is 2.90 bits per heavy atom. The second-order valence-corrected chi connectivity index (χ2v) is 5.80. The fourth-order valence-corrected chi connectivity index (χ4v) is 2.81. The number of amides is 2. The predicted molar refractivity (Wildman–Crippen MR) is 81.1 cm³/mol. The number of likely N-dealkylation sites (tertiary alicyclic amines) is 1. The molecule has 0 aliphatic carbocycles. The molecule has 110 valence electrons. The molecule has 0 saturated carbocycles. The Morgan fingerprint density at radius 1 is 1.50 bits per heavy atom. The summed E-state index contributed by atoms with van der Waals surface area (Å²) in [5, 5.41) is 12.4. The lowest BCUT2D eigenvalue weighted by molar-refractivity contribution is 0.166. The molecule has 1 aromatic carbocycles. The molecule has 1 aliphatic rings. The van der Waals surface area contributed by atoms with Crippen molar-refractivity contribution in [1.29, 1.82) is 0 Å². The first-order valence-electron chi connectivity index (χ1n) is 7.32. The molecule has 1 fully saturated rings. The van der Waals surface area contributed by atoms with E-state index in [-0.39, 0.29) is 18.7 Å². The molecule has 0 spiro atoms. The zero-order valence-electron chi connectivity index (χ0n) is 12.5. The summed E-state index contributed by atoms with van der Waals surface area (Å²) in [6, 6.07) is 5.95. The van der Waals surface area contributed by atoms with E-state index in [1.165, 1.54) is 0 Å². The Bertz CT molecular complexity index is 485. The van der Waals surface area contributed by atoms with Crippen molar-refractivity contribution < 1.29 is 9.90 Å². The number of nitrogens with zero attached hydrogens (tertiary/aromatic N) is 1. The number of rotatable bonds is 3. The first-order chi connectivity index (χ1) is 9.54. The molecule has 1 heterocycles. The van der Waals surface area contributed by atoms with E-state index in [2.05, 4.69) is 25.2 Å². The van der Waals surface area contributed by atoms with Crippen molar-refractivity contribution >= 4 is 11.7 Å². The van der Waals surface area contributed by atoms with Crippen LogP contribution in [-0.4, -0.2) is 35.2 Å². The van der Waals surface area contributed by atoms with Crippen LogP contribution >= 0.6 is 0 Å². The summed E-state index contributed by atoms with van der Waals surface area (Å²) < 4.78 is 0. The summed E-state index contributed by atoms with van der Waals surface area (Å²) in [6.45, 7) is 7.01. The van der Waals surface area contributed by atoms with Gasteiger partial charge in [-0.2, -0.15) is 0 Å². The minimum Gasteiger partial charge on any atom is -0.394 e. The number of urea groups is 1. The van der Waals surface area contributed by atoms with Crippen molar-refractivity contribution in [3.8, 4) is 0 Å². The van der Waals surface area contributed by atoms with Crippen LogP contribution in [0.15, 0.2) is 18.2 Å². The van der Waals surface area contributed by atoms with E-state index >= 15 is 0 Å². The van der Waals surface area contributed by atoms with E-state index in [1.54, 1.807) is 4.90 Å². The number of carbonyl (C=O) groups excluding carboxylic acids is 1. The van der Waals surface area contributed by atoms with Crippen LogP contribution in [0.1, 0.15) is 43.7 Å². The summed E-state index contributed by atoms with van der Waals surface area (Å²) in [6.07, 6.45) is 1.85. The van der Waals surface area contributed by atoms with Gasteiger partial charge in [-0.25, -0.2) is 4.79 Å². The largest absolute Gasteiger partial charge is 0.394 e. The monoisotopic (exact) mass is 276 g/mol. The van der Waals surface area contributed by atoms with Crippen molar-refractivity contribution in [1.82, 2.24) is 4.90 Å². The first kappa shape index (κ1) is 14.9. The average Bonchev–Trinajstić information content (AvgIpc) is 2.89. The standard InChI is InChI=1S/C16H24N2O2/c1-11(2)14-8-4-6-12(3)15(14)17-16(20)18-9-5-7-13(18)10-19/h4,6,8,11,13,19H,5,7,9-10H2,1-3H3,(H,17,20)/t13-/m0/s1. The summed E-state index contributed by atoms with van der Waals surface area (Å²) in [5.74, 6) is 0.359. The van der Waals surface area contributed by atoms with Gasteiger partial charge >= 0.3 is 6.03 Å². The quantitative estimate of drug-likeness (QED) is 0.891. The van der Waals surface area contributed by atoms with E-state index in [9.17, 15) is 9.90 Å². The van der Waals surface area contributed by atoms with Gasteiger partial charge in [0.25, 0.3) is 0 Å². The van der Waals surface area contributed by atoms with E-state index in [0.29, 0.717) is 5.92 Å². The third-order valence-electron chi connectivity index (χ3n) is 4.01. The maximum Gasteiger partial charge on any atom is 0.322 e. The third-order valence-corrected chi connectivity index (χ3v) is 4.01. The fraction of sp³-hybridized carbons (Fsp3) is 0.562. The molecule has 20 heavy (non-hydrogen) atoms. The second-order valence-electron chi connectivity index (χ2n) is 5.80. The Morgan fingerprint density at radius 2 is 2.25 bits per heavy atom. The van der Waals surface area contributed by atoms with Gasteiger partial charge < -0.3 is 15.3 Å². The zero-order chi connectivity index (χ0) is 14.7. The number of para-hydroxylation sites is 1. The fourth-order valence-electron chi connectivity index (χ4n) is 2.81. The van der Waals surface area contributed by atoms with Crippen molar-refractivity contribution in [3.05, 3.63) is 29.3 Å². The molecule has 0 bridgehead atoms. The third kappa shape index (κ3) is 2.96. The average molecular weight is 276 g/mol. The van der Waals surface area contributed by atoms with Gasteiger partial charge in [0.1, 0.15) is 0 Å². The molecular weight excluding hydrogens is 252 g/mol. The second kappa shape index (κ2) is 6.27.